The standard InChI is InChI=1S/C29H38F3N5O5S/c1-27(2)18-19(27)25(41)37-13-28(14-37)12-36(24(40)17-9-34-26(43-17)29(30,31)32)10-16(28)22(38)35-20(23(39)33-3)21(18)42-11-15-7-5-4-6-8-15/h9,15-16,18-21H,4-8,10-14H2,1-3H3,(H,33,39)(H,35,38)/t16-,18?,19+,20-,21+/m0/s1. The molecule has 236 valence electrons. The van der Waals surface area contributed by atoms with Gasteiger partial charge in [-0.15, -0.1) is 11.3 Å². The van der Waals surface area contributed by atoms with Crippen molar-refractivity contribution >= 4 is 35.0 Å². The molecule has 1 aromatic heterocycles. The molecule has 1 spiro atoms. The maximum absolute atomic E-state index is 14.0. The largest absolute Gasteiger partial charge is 0.443 e. The van der Waals surface area contributed by atoms with Crippen LogP contribution in [0.5, 0.6) is 0 Å². The summed E-state index contributed by atoms with van der Waals surface area (Å²) in [5.41, 5.74) is -1.22. The average molecular weight is 626 g/mol. The molecule has 7 rings (SSSR count). The first kappa shape index (κ1) is 30.3. The van der Waals surface area contributed by atoms with Gasteiger partial charge in [0.2, 0.25) is 17.7 Å². The van der Waals surface area contributed by atoms with Gasteiger partial charge in [0.25, 0.3) is 5.91 Å². The fourth-order valence-electron chi connectivity index (χ4n) is 8.01. The van der Waals surface area contributed by atoms with Gasteiger partial charge in [-0.3, -0.25) is 19.2 Å². The lowest BCUT2D eigenvalue weighted by Gasteiger charge is -2.50. The van der Waals surface area contributed by atoms with E-state index >= 15 is 0 Å². The minimum Gasteiger partial charge on any atom is -0.375 e. The molecule has 1 unspecified atom stereocenters. The van der Waals surface area contributed by atoms with E-state index in [0.717, 1.165) is 31.9 Å². The summed E-state index contributed by atoms with van der Waals surface area (Å²) in [4.78, 5) is 60.8. The highest BCUT2D eigenvalue weighted by Gasteiger charge is 2.70. The molecule has 2 saturated carbocycles. The van der Waals surface area contributed by atoms with Crippen molar-refractivity contribution in [2.45, 2.75) is 64.3 Å². The molecule has 4 amide bonds. The molecule has 2 aliphatic carbocycles. The summed E-state index contributed by atoms with van der Waals surface area (Å²) in [7, 11) is 1.49. The minimum absolute atomic E-state index is 0.0433. The van der Waals surface area contributed by atoms with E-state index in [9.17, 15) is 32.3 Å². The lowest BCUT2D eigenvalue weighted by Crippen LogP contribution is -2.65. The number of likely N-dealkylation sites (tertiary alicyclic amines) is 1. The molecular formula is C29H38F3N5O5S. The van der Waals surface area contributed by atoms with Crippen molar-refractivity contribution in [2.75, 3.05) is 39.8 Å². The van der Waals surface area contributed by atoms with Crippen LogP contribution in [0.2, 0.25) is 0 Å². The highest BCUT2D eigenvalue weighted by atomic mass is 32.1. The normalized spacial score (nSPS) is 31.7. The number of nitrogens with one attached hydrogen (secondary N) is 2. The van der Waals surface area contributed by atoms with Crippen LogP contribution in [0.25, 0.3) is 0 Å². The lowest BCUT2D eigenvalue weighted by atomic mass is 9.71. The van der Waals surface area contributed by atoms with Gasteiger partial charge in [0.05, 0.1) is 18.2 Å². The van der Waals surface area contributed by atoms with Crippen molar-refractivity contribution in [1.82, 2.24) is 25.4 Å². The van der Waals surface area contributed by atoms with Crippen molar-refractivity contribution in [2.24, 2.45) is 34.5 Å². The number of likely N-dealkylation sites (N-methyl/N-ethyl adjacent to an activating group) is 1. The number of alkyl halides is 3. The van der Waals surface area contributed by atoms with Gasteiger partial charge in [-0.1, -0.05) is 33.1 Å². The Morgan fingerprint density at radius 3 is 2.49 bits per heavy atom. The van der Waals surface area contributed by atoms with Crippen LogP contribution in [0, 0.1) is 34.5 Å². The Balaban J connectivity index is 1.29. The van der Waals surface area contributed by atoms with Crippen LogP contribution in [0.1, 0.15) is 60.6 Å². The number of amides is 4. The number of hydrogen-bond acceptors (Lipinski definition) is 7. The highest BCUT2D eigenvalue weighted by molar-refractivity contribution is 7.13. The average Bonchev–Trinajstić information content (AvgIpc) is 3.32. The van der Waals surface area contributed by atoms with Gasteiger partial charge in [-0.2, -0.15) is 13.2 Å². The number of carbonyl (C=O) groups is 4. The zero-order chi connectivity index (χ0) is 30.9. The third-order valence-corrected chi connectivity index (χ3v) is 11.5. The third-order valence-electron chi connectivity index (χ3n) is 10.5. The van der Waals surface area contributed by atoms with Gasteiger partial charge in [0.15, 0.2) is 5.01 Å². The fourth-order valence-corrected chi connectivity index (χ4v) is 8.76. The summed E-state index contributed by atoms with van der Waals surface area (Å²) in [5, 5.41) is 4.49. The Morgan fingerprint density at radius 1 is 1.16 bits per heavy atom. The number of carbonyl (C=O) groups excluding carboxylic acids is 4. The van der Waals surface area contributed by atoms with Crippen molar-refractivity contribution in [3.8, 4) is 0 Å². The number of fused-ring (bicyclic) bond motifs is 3. The summed E-state index contributed by atoms with van der Waals surface area (Å²) < 4.78 is 45.9. The molecule has 0 radical (unpaired) electrons. The number of hydrogen-bond donors (Lipinski definition) is 2. The van der Waals surface area contributed by atoms with E-state index in [1.165, 1.54) is 18.4 Å². The summed E-state index contributed by atoms with van der Waals surface area (Å²) in [5.74, 6) is -2.62. The molecule has 14 heteroatoms. The quantitative estimate of drug-likeness (QED) is 0.519. The number of ether oxygens (including phenoxy) is 1. The smallest absolute Gasteiger partial charge is 0.375 e. The lowest BCUT2D eigenvalue weighted by molar-refractivity contribution is -0.151. The fraction of sp³-hybridized carbons (Fsp3) is 0.759. The number of nitrogens with zero attached hydrogens (tertiary/aromatic N) is 3. The first-order chi connectivity index (χ1) is 20.3. The molecular weight excluding hydrogens is 587 g/mol. The van der Waals surface area contributed by atoms with Crippen molar-refractivity contribution in [3.05, 3.63) is 16.1 Å². The van der Waals surface area contributed by atoms with E-state index in [1.54, 1.807) is 4.90 Å². The van der Waals surface area contributed by atoms with Crippen LogP contribution < -0.4 is 10.6 Å². The van der Waals surface area contributed by atoms with Gasteiger partial charge >= 0.3 is 6.18 Å². The van der Waals surface area contributed by atoms with Gasteiger partial charge in [-0.25, -0.2) is 4.98 Å². The Kier molecular flexibility index (Phi) is 7.54. The molecule has 6 fully saturated rings. The Morgan fingerprint density at radius 2 is 1.86 bits per heavy atom. The van der Waals surface area contributed by atoms with E-state index in [2.05, 4.69) is 15.6 Å². The van der Waals surface area contributed by atoms with E-state index in [-0.39, 0.29) is 60.1 Å². The Bertz CT molecular complexity index is 1310. The Hall–Kier alpha value is -2.74. The summed E-state index contributed by atoms with van der Waals surface area (Å²) in [6.45, 7) is 4.99. The number of aromatic nitrogens is 1. The molecule has 6 aliphatic rings. The molecule has 43 heavy (non-hydrogen) atoms. The van der Waals surface area contributed by atoms with Crippen LogP contribution in [-0.4, -0.2) is 90.4 Å². The van der Waals surface area contributed by atoms with Gasteiger partial charge in [0.1, 0.15) is 10.9 Å². The molecule has 1 aromatic rings. The molecule has 2 N–H and O–H groups in total. The van der Waals surface area contributed by atoms with E-state index in [1.807, 2.05) is 13.8 Å². The molecule has 10 nitrogen and oxygen atoms in total. The molecule has 0 aromatic carbocycles. The molecule has 5 atom stereocenters. The van der Waals surface area contributed by atoms with Crippen LogP contribution in [0.4, 0.5) is 13.2 Å². The second-order valence-electron chi connectivity index (χ2n) is 13.5. The molecule has 4 saturated heterocycles. The van der Waals surface area contributed by atoms with Crippen molar-refractivity contribution in [1.29, 1.82) is 0 Å². The predicted octanol–water partition coefficient (Wildman–Crippen LogP) is 2.54. The summed E-state index contributed by atoms with van der Waals surface area (Å²) >= 11 is 0.267. The van der Waals surface area contributed by atoms with Crippen LogP contribution in [0.3, 0.4) is 0 Å². The van der Waals surface area contributed by atoms with E-state index in [0.29, 0.717) is 12.5 Å². The van der Waals surface area contributed by atoms with Crippen molar-refractivity contribution < 1.29 is 37.1 Å². The van der Waals surface area contributed by atoms with E-state index in [4.69, 9.17) is 4.74 Å². The SMILES string of the molecule is CNC(=O)[C@H]1NC(=O)[C@@H]2CN(C(=O)c3cnc(C(F)(F)F)s3)CC23CN(C3)C(=O)[C@H]2C([C@H]1OCC1CCCCC1)C2(C)C. The van der Waals surface area contributed by atoms with Crippen LogP contribution in [0.15, 0.2) is 6.20 Å². The third kappa shape index (κ3) is 5.21. The zero-order valence-electron chi connectivity index (χ0n) is 24.5. The second-order valence-corrected chi connectivity index (χ2v) is 14.6. The zero-order valence-corrected chi connectivity index (χ0v) is 25.4. The van der Waals surface area contributed by atoms with Crippen molar-refractivity contribution in [3.63, 3.8) is 0 Å². The minimum atomic E-state index is -4.67. The molecule has 2 bridgehead atoms. The van der Waals surface area contributed by atoms with Crippen LogP contribution in [-0.2, 0) is 25.3 Å². The summed E-state index contributed by atoms with van der Waals surface area (Å²) in [6, 6.07) is -1.05. The maximum atomic E-state index is 14.0. The first-order valence-corrected chi connectivity index (χ1v) is 15.8. The number of halogens is 3. The number of thiazole rings is 1. The molecule has 4 aliphatic heterocycles. The van der Waals surface area contributed by atoms with Gasteiger partial charge < -0.3 is 25.2 Å². The second kappa shape index (κ2) is 10.7. The summed E-state index contributed by atoms with van der Waals surface area (Å²) in [6.07, 6.45) is 1.02. The first-order valence-electron chi connectivity index (χ1n) is 15.0. The monoisotopic (exact) mass is 625 g/mol. The van der Waals surface area contributed by atoms with E-state index < -0.39 is 57.8 Å². The van der Waals surface area contributed by atoms with Crippen LogP contribution >= 0.6 is 11.3 Å². The molecule has 5 heterocycles. The highest BCUT2D eigenvalue weighted by Crippen LogP contribution is 2.63. The predicted molar refractivity (Wildman–Crippen MR) is 149 cm³/mol. The van der Waals surface area contributed by atoms with Gasteiger partial charge in [-0.05, 0) is 24.2 Å². The Labute approximate surface area is 252 Å². The topological polar surface area (TPSA) is 121 Å². The van der Waals surface area contributed by atoms with Gasteiger partial charge in [0, 0.05) is 57.1 Å². The maximum Gasteiger partial charge on any atom is 0.443 e. The number of rotatable bonds is 5.